The maximum absolute atomic E-state index is 12.6. The van der Waals surface area contributed by atoms with E-state index in [1.54, 1.807) is 24.3 Å². The molecule has 0 atom stereocenters. The summed E-state index contributed by atoms with van der Waals surface area (Å²) in [4.78, 5) is 30.4. The monoisotopic (exact) mass is 453 g/mol. The molecule has 11 heteroatoms. The second kappa shape index (κ2) is 9.40. The zero-order chi connectivity index (χ0) is 22.6. The SMILES string of the molecule is COC(=O)C1=C(Nc2ccc(Sc3ccc(C(F)(F)F)cn3)cc2)C(=O)N(CCO)C1. The molecule has 0 aliphatic carbocycles. The number of esters is 1. The molecule has 1 amide bonds. The minimum Gasteiger partial charge on any atom is -0.466 e. The second-order valence-electron chi connectivity index (χ2n) is 6.43. The average molecular weight is 453 g/mol. The first-order chi connectivity index (χ1) is 14.7. The number of carbonyl (C=O) groups excluding carboxylic acids is 2. The van der Waals surface area contributed by atoms with E-state index in [2.05, 4.69) is 10.3 Å². The number of anilines is 1. The number of hydrogen-bond donors (Lipinski definition) is 2. The van der Waals surface area contributed by atoms with Gasteiger partial charge in [-0.05, 0) is 36.4 Å². The van der Waals surface area contributed by atoms with Gasteiger partial charge in [-0.25, -0.2) is 9.78 Å². The number of pyridine rings is 1. The van der Waals surface area contributed by atoms with E-state index in [9.17, 15) is 22.8 Å². The Bertz CT molecular complexity index is 992. The standard InChI is InChI=1S/C20H18F3N3O4S/c1-30-19(29)15-11-26(8-9-27)18(28)17(15)25-13-3-5-14(6-4-13)31-16-7-2-12(10-24-16)20(21,22)23/h2-7,10,25,27H,8-9,11H2,1H3. The van der Waals surface area contributed by atoms with Crippen molar-refractivity contribution in [3.05, 3.63) is 59.4 Å². The smallest absolute Gasteiger partial charge is 0.417 e. The molecule has 1 aromatic heterocycles. The molecule has 3 rings (SSSR count). The van der Waals surface area contributed by atoms with Crippen molar-refractivity contribution < 1.29 is 32.6 Å². The Morgan fingerprint density at radius 1 is 1.26 bits per heavy atom. The number of aliphatic hydroxyl groups is 1. The van der Waals surface area contributed by atoms with Crippen LogP contribution >= 0.6 is 11.8 Å². The number of aromatic nitrogens is 1. The van der Waals surface area contributed by atoms with Crippen LogP contribution in [-0.2, 0) is 20.5 Å². The highest BCUT2D eigenvalue weighted by Crippen LogP contribution is 2.32. The lowest BCUT2D eigenvalue weighted by molar-refractivity contribution is -0.138. The van der Waals surface area contributed by atoms with E-state index < -0.39 is 23.6 Å². The topological polar surface area (TPSA) is 91.8 Å². The number of hydrogen-bond acceptors (Lipinski definition) is 7. The van der Waals surface area contributed by atoms with Crippen LogP contribution in [0.4, 0.5) is 18.9 Å². The highest BCUT2D eigenvalue weighted by atomic mass is 32.2. The molecule has 2 aromatic rings. The molecule has 1 aromatic carbocycles. The molecule has 0 radical (unpaired) electrons. The van der Waals surface area contributed by atoms with Crippen LogP contribution in [0.1, 0.15) is 5.56 Å². The highest BCUT2D eigenvalue weighted by molar-refractivity contribution is 7.99. The summed E-state index contributed by atoms with van der Waals surface area (Å²) in [6.45, 7) is -0.125. The Morgan fingerprint density at radius 3 is 2.52 bits per heavy atom. The lowest BCUT2D eigenvalue weighted by Crippen LogP contribution is -2.31. The molecule has 31 heavy (non-hydrogen) atoms. The molecule has 7 nitrogen and oxygen atoms in total. The van der Waals surface area contributed by atoms with Crippen molar-refractivity contribution in [2.45, 2.75) is 16.1 Å². The third-order valence-electron chi connectivity index (χ3n) is 4.36. The molecule has 1 aliphatic rings. The number of amides is 1. The number of carbonyl (C=O) groups is 2. The summed E-state index contributed by atoms with van der Waals surface area (Å²) in [6.07, 6.45) is -3.66. The van der Waals surface area contributed by atoms with Crippen LogP contribution in [0.15, 0.2) is 63.8 Å². The first-order valence-corrected chi connectivity index (χ1v) is 9.84. The number of benzene rings is 1. The van der Waals surface area contributed by atoms with Crippen molar-refractivity contribution in [1.29, 1.82) is 0 Å². The fourth-order valence-corrected chi connectivity index (χ4v) is 3.58. The summed E-state index contributed by atoms with van der Waals surface area (Å²) >= 11 is 1.18. The van der Waals surface area contributed by atoms with Crippen molar-refractivity contribution in [3.63, 3.8) is 0 Å². The van der Waals surface area contributed by atoms with Crippen LogP contribution in [-0.4, -0.2) is 53.7 Å². The van der Waals surface area contributed by atoms with Gasteiger partial charge in [-0.3, -0.25) is 4.79 Å². The summed E-state index contributed by atoms with van der Waals surface area (Å²) in [5, 5.41) is 12.4. The number of nitrogens with zero attached hydrogens (tertiary/aromatic N) is 2. The molecular weight excluding hydrogens is 435 g/mol. The quantitative estimate of drug-likeness (QED) is 0.623. The molecule has 0 spiro atoms. The number of β-amino-alcohol motifs (C(OH)–C–C–N with tert-alkyl or cyclic N) is 1. The van der Waals surface area contributed by atoms with Crippen LogP contribution in [0.25, 0.3) is 0 Å². The van der Waals surface area contributed by atoms with E-state index in [-0.39, 0.29) is 31.0 Å². The lowest BCUT2D eigenvalue weighted by atomic mass is 10.2. The van der Waals surface area contributed by atoms with E-state index in [1.165, 1.54) is 29.8 Å². The van der Waals surface area contributed by atoms with Crippen LogP contribution in [0.3, 0.4) is 0 Å². The van der Waals surface area contributed by atoms with Crippen molar-refractivity contribution >= 4 is 29.3 Å². The van der Waals surface area contributed by atoms with Crippen LogP contribution in [0.2, 0.25) is 0 Å². The molecule has 0 fully saturated rings. The largest absolute Gasteiger partial charge is 0.466 e. The summed E-state index contributed by atoms with van der Waals surface area (Å²) in [7, 11) is 1.22. The first kappa shape index (κ1) is 22.6. The predicted octanol–water partition coefficient (Wildman–Crippen LogP) is 2.93. The van der Waals surface area contributed by atoms with Gasteiger partial charge in [0.05, 0.1) is 31.4 Å². The van der Waals surface area contributed by atoms with E-state index in [0.29, 0.717) is 10.7 Å². The minimum absolute atomic E-state index is 0.0297. The Labute approximate surface area is 179 Å². The number of aliphatic hydroxyl groups excluding tert-OH is 1. The normalized spacial score (nSPS) is 14.2. The van der Waals surface area contributed by atoms with Crippen LogP contribution in [0, 0.1) is 0 Å². The van der Waals surface area contributed by atoms with E-state index in [0.717, 1.165) is 17.2 Å². The van der Waals surface area contributed by atoms with Gasteiger partial charge in [0.1, 0.15) is 10.7 Å². The third-order valence-corrected chi connectivity index (χ3v) is 5.32. The van der Waals surface area contributed by atoms with Gasteiger partial charge in [-0.1, -0.05) is 11.8 Å². The van der Waals surface area contributed by atoms with E-state index in [4.69, 9.17) is 9.84 Å². The number of halogens is 3. The second-order valence-corrected chi connectivity index (χ2v) is 7.52. The van der Waals surface area contributed by atoms with Crippen LogP contribution < -0.4 is 5.32 Å². The van der Waals surface area contributed by atoms with Gasteiger partial charge in [0.15, 0.2) is 0 Å². The average Bonchev–Trinajstić information content (AvgIpc) is 3.04. The van der Waals surface area contributed by atoms with Gasteiger partial charge in [0.2, 0.25) is 0 Å². The van der Waals surface area contributed by atoms with Gasteiger partial charge in [0, 0.05) is 23.3 Å². The third kappa shape index (κ3) is 5.36. The van der Waals surface area contributed by atoms with Gasteiger partial charge < -0.3 is 20.1 Å². The summed E-state index contributed by atoms with van der Waals surface area (Å²) in [6, 6.07) is 8.99. The van der Waals surface area contributed by atoms with E-state index >= 15 is 0 Å². The zero-order valence-electron chi connectivity index (χ0n) is 16.3. The van der Waals surface area contributed by atoms with Crippen LogP contribution in [0.5, 0.6) is 0 Å². The maximum Gasteiger partial charge on any atom is 0.417 e. The molecular formula is C20H18F3N3O4S. The zero-order valence-corrected chi connectivity index (χ0v) is 17.1. The molecule has 0 saturated carbocycles. The summed E-state index contributed by atoms with van der Waals surface area (Å²) in [5.74, 6) is -1.07. The van der Waals surface area contributed by atoms with Crippen molar-refractivity contribution in [2.75, 3.05) is 32.1 Å². The number of ether oxygens (including phenoxy) is 1. The molecule has 0 unspecified atom stereocenters. The lowest BCUT2D eigenvalue weighted by Gasteiger charge is -2.15. The molecule has 0 saturated heterocycles. The Morgan fingerprint density at radius 2 is 1.97 bits per heavy atom. The fourth-order valence-electron chi connectivity index (χ4n) is 2.83. The molecule has 0 bridgehead atoms. The number of nitrogens with one attached hydrogen (secondary N) is 1. The van der Waals surface area contributed by atoms with Gasteiger partial charge in [0.25, 0.3) is 5.91 Å². The number of methoxy groups -OCH3 is 1. The maximum atomic E-state index is 12.6. The Hall–Kier alpha value is -3.05. The van der Waals surface area contributed by atoms with Crippen molar-refractivity contribution in [2.24, 2.45) is 0 Å². The molecule has 2 heterocycles. The van der Waals surface area contributed by atoms with Crippen molar-refractivity contribution in [3.8, 4) is 0 Å². The molecule has 2 N–H and O–H groups in total. The molecule has 1 aliphatic heterocycles. The molecule has 164 valence electrons. The summed E-state index contributed by atoms with van der Waals surface area (Å²) < 4.78 is 42.6. The highest BCUT2D eigenvalue weighted by Gasteiger charge is 2.34. The minimum atomic E-state index is -4.44. The van der Waals surface area contributed by atoms with Gasteiger partial charge in [-0.2, -0.15) is 13.2 Å². The Balaban J connectivity index is 1.72. The van der Waals surface area contributed by atoms with Gasteiger partial charge in [-0.15, -0.1) is 0 Å². The van der Waals surface area contributed by atoms with E-state index in [1.807, 2.05) is 0 Å². The number of alkyl halides is 3. The fraction of sp³-hybridized carbons (Fsp3) is 0.250. The Kier molecular flexibility index (Phi) is 6.86. The first-order valence-electron chi connectivity index (χ1n) is 9.02. The predicted molar refractivity (Wildman–Crippen MR) is 106 cm³/mol. The summed E-state index contributed by atoms with van der Waals surface area (Å²) in [5.41, 5.74) is -0.0543. The number of rotatable bonds is 7. The van der Waals surface area contributed by atoms with Crippen molar-refractivity contribution in [1.82, 2.24) is 9.88 Å². The van der Waals surface area contributed by atoms with Gasteiger partial charge >= 0.3 is 12.1 Å².